The minimum absolute atomic E-state index is 0.428. The average Bonchev–Trinajstić information content (AvgIpc) is 2.64. The van der Waals surface area contributed by atoms with Gasteiger partial charge in [-0.1, -0.05) is 24.3 Å². The molecule has 2 aromatic heterocycles. The molecule has 2 amide bonds. The monoisotopic (exact) mass is 348 g/mol. The van der Waals surface area contributed by atoms with Gasteiger partial charge in [0, 0.05) is 35.4 Å². The highest BCUT2D eigenvalue weighted by molar-refractivity contribution is 5.92. The number of pyridine rings is 2. The summed E-state index contributed by atoms with van der Waals surface area (Å²) in [6.07, 6.45) is 7.35. The Hall–Kier alpha value is -3.54. The Morgan fingerprint density at radius 2 is 0.923 bits per heavy atom. The van der Waals surface area contributed by atoms with Gasteiger partial charge in [0.1, 0.15) is 0 Å². The van der Waals surface area contributed by atoms with Gasteiger partial charge in [0.15, 0.2) is 37.9 Å². The lowest BCUT2D eigenvalue weighted by Crippen LogP contribution is -2.34. The Kier molecular flexibility index (Phi) is 5.03. The fourth-order valence-electron chi connectivity index (χ4n) is 2.63. The van der Waals surface area contributed by atoms with E-state index in [1.807, 2.05) is 33.9 Å². The maximum Gasteiger partial charge on any atom is 0.249 e. The van der Waals surface area contributed by atoms with Crippen LogP contribution in [0.4, 0.5) is 0 Å². The van der Waals surface area contributed by atoms with E-state index in [0.29, 0.717) is 24.2 Å². The van der Waals surface area contributed by atoms with Crippen LogP contribution in [0.25, 0.3) is 0 Å². The van der Waals surface area contributed by atoms with Crippen molar-refractivity contribution in [3.63, 3.8) is 0 Å². The fraction of sp³-hybridized carbons (Fsp3) is 0.100. The van der Waals surface area contributed by atoms with E-state index in [0.717, 1.165) is 11.1 Å². The third kappa shape index (κ3) is 4.30. The van der Waals surface area contributed by atoms with Gasteiger partial charge < -0.3 is 11.5 Å². The minimum Gasteiger partial charge on any atom is -0.366 e. The molecule has 1 aromatic carbocycles. The summed E-state index contributed by atoms with van der Waals surface area (Å²) in [5.74, 6) is -0.856. The Morgan fingerprint density at radius 3 is 1.19 bits per heavy atom. The normalized spacial score (nSPS) is 10.5. The number of aromatic nitrogens is 2. The molecule has 0 spiro atoms. The highest BCUT2D eigenvalue weighted by atomic mass is 16.1. The van der Waals surface area contributed by atoms with Gasteiger partial charge in [0.2, 0.25) is 11.8 Å². The number of benzene rings is 1. The van der Waals surface area contributed by atoms with Gasteiger partial charge in [-0.25, -0.2) is 9.13 Å². The van der Waals surface area contributed by atoms with E-state index in [2.05, 4.69) is 24.3 Å². The smallest absolute Gasteiger partial charge is 0.249 e. The van der Waals surface area contributed by atoms with Gasteiger partial charge in [-0.2, -0.15) is 0 Å². The molecule has 0 aliphatic heterocycles. The van der Waals surface area contributed by atoms with Crippen molar-refractivity contribution in [3.05, 3.63) is 95.6 Å². The second kappa shape index (κ2) is 7.57. The molecule has 0 saturated heterocycles. The molecule has 0 saturated carbocycles. The first-order chi connectivity index (χ1) is 12.5. The molecule has 130 valence electrons. The number of rotatable bonds is 6. The highest BCUT2D eigenvalue weighted by Crippen LogP contribution is 2.05. The van der Waals surface area contributed by atoms with E-state index >= 15 is 0 Å². The molecule has 26 heavy (non-hydrogen) atoms. The van der Waals surface area contributed by atoms with E-state index in [9.17, 15) is 9.59 Å². The predicted octanol–water partition coefficient (Wildman–Crippen LogP) is 0.556. The summed E-state index contributed by atoms with van der Waals surface area (Å²) >= 11 is 0. The first-order valence-electron chi connectivity index (χ1n) is 8.17. The number of carbonyl (C=O) groups excluding carboxylic acids is 2. The summed E-state index contributed by atoms with van der Waals surface area (Å²) in [6, 6.07) is 15.1. The van der Waals surface area contributed by atoms with E-state index in [4.69, 9.17) is 11.5 Å². The SMILES string of the molecule is NC(=O)c1cc[n+](Cc2ccc(C[n+]3ccc(C(N)=O)cc3)cc2)cc1. The van der Waals surface area contributed by atoms with Crippen molar-refractivity contribution in [2.24, 2.45) is 11.5 Å². The molecule has 3 aromatic rings. The molecule has 0 unspecified atom stereocenters. The summed E-state index contributed by atoms with van der Waals surface area (Å²) in [6.45, 7) is 1.42. The van der Waals surface area contributed by atoms with Crippen molar-refractivity contribution in [1.82, 2.24) is 0 Å². The Labute approximate surface area is 151 Å². The predicted molar refractivity (Wildman–Crippen MR) is 95.0 cm³/mol. The molecule has 4 N–H and O–H groups in total. The number of nitrogens with two attached hydrogens (primary N) is 2. The molecule has 0 fully saturated rings. The zero-order valence-electron chi connectivity index (χ0n) is 14.2. The zero-order valence-corrected chi connectivity index (χ0v) is 14.2. The van der Waals surface area contributed by atoms with Crippen LogP contribution in [0.15, 0.2) is 73.3 Å². The molecule has 3 rings (SSSR count). The van der Waals surface area contributed by atoms with Crippen LogP contribution in [0.3, 0.4) is 0 Å². The Morgan fingerprint density at radius 1 is 0.615 bits per heavy atom. The number of primary amides is 2. The maximum absolute atomic E-state index is 11.1. The largest absolute Gasteiger partial charge is 0.366 e. The van der Waals surface area contributed by atoms with Gasteiger partial charge in [-0.05, 0) is 0 Å². The number of nitrogens with zero attached hydrogens (tertiary/aromatic N) is 2. The number of carbonyl (C=O) groups is 2. The lowest BCUT2D eigenvalue weighted by Gasteiger charge is -2.02. The first kappa shape index (κ1) is 17.3. The molecular formula is C20H20N4O2+2. The van der Waals surface area contributed by atoms with Crippen LogP contribution >= 0.6 is 0 Å². The standard InChI is InChI=1S/C20H18N4O2/c21-19(25)17-5-9-23(10-6-17)13-15-1-2-16(4-3-15)14-24-11-7-18(8-12-24)20(22)26/h1-12H,13-14H2,(H2-2,21,22,25,26)/p+2. The van der Waals surface area contributed by atoms with Crippen LogP contribution in [-0.2, 0) is 13.1 Å². The molecule has 6 heteroatoms. The maximum atomic E-state index is 11.1. The van der Waals surface area contributed by atoms with Crippen molar-refractivity contribution < 1.29 is 18.7 Å². The van der Waals surface area contributed by atoms with E-state index in [-0.39, 0.29) is 0 Å². The molecule has 0 radical (unpaired) electrons. The van der Waals surface area contributed by atoms with Crippen molar-refractivity contribution in [2.45, 2.75) is 13.1 Å². The number of amides is 2. The van der Waals surface area contributed by atoms with Gasteiger partial charge in [-0.15, -0.1) is 0 Å². The highest BCUT2D eigenvalue weighted by Gasteiger charge is 2.08. The lowest BCUT2D eigenvalue weighted by atomic mass is 10.1. The minimum atomic E-state index is -0.428. The van der Waals surface area contributed by atoms with Gasteiger partial charge in [0.05, 0.1) is 11.1 Å². The molecule has 6 nitrogen and oxygen atoms in total. The quantitative estimate of drug-likeness (QED) is 0.637. The van der Waals surface area contributed by atoms with Gasteiger partial charge in [-0.3, -0.25) is 9.59 Å². The van der Waals surface area contributed by atoms with E-state index in [1.54, 1.807) is 24.3 Å². The number of hydrogen-bond acceptors (Lipinski definition) is 2. The lowest BCUT2D eigenvalue weighted by molar-refractivity contribution is -0.689. The topological polar surface area (TPSA) is 93.9 Å². The molecule has 0 atom stereocenters. The second-order valence-corrected chi connectivity index (χ2v) is 6.06. The summed E-state index contributed by atoms with van der Waals surface area (Å²) in [5.41, 5.74) is 13.8. The van der Waals surface area contributed by atoms with E-state index < -0.39 is 11.8 Å². The summed E-state index contributed by atoms with van der Waals surface area (Å²) in [7, 11) is 0. The van der Waals surface area contributed by atoms with Crippen molar-refractivity contribution >= 4 is 11.8 Å². The van der Waals surface area contributed by atoms with Crippen molar-refractivity contribution in [3.8, 4) is 0 Å². The van der Waals surface area contributed by atoms with Crippen LogP contribution in [0, 0.1) is 0 Å². The van der Waals surface area contributed by atoms with Crippen LogP contribution in [-0.4, -0.2) is 11.8 Å². The zero-order chi connectivity index (χ0) is 18.5. The third-order valence-electron chi connectivity index (χ3n) is 4.10. The van der Waals surface area contributed by atoms with Crippen LogP contribution in [0.5, 0.6) is 0 Å². The molecule has 2 heterocycles. The summed E-state index contributed by atoms with van der Waals surface area (Å²) in [5, 5.41) is 0. The van der Waals surface area contributed by atoms with Crippen LogP contribution < -0.4 is 20.6 Å². The van der Waals surface area contributed by atoms with E-state index in [1.165, 1.54) is 0 Å². The molecule has 0 bridgehead atoms. The van der Waals surface area contributed by atoms with Crippen molar-refractivity contribution in [1.29, 1.82) is 0 Å². The van der Waals surface area contributed by atoms with Crippen LogP contribution in [0.2, 0.25) is 0 Å². The van der Waals surface area contributed by atoms with Gasteiger partial charge in [0.25, 0.3) is 0 Å². The Balaban J connectivity index is 1.64. The van der Waals surface area contributed by atoms with Crippen molar-refractivity contribution in [2.75, 3.05) is 0 Å². The molecule has 0 aliphatic carbocycles. The molecule has 0 aliphatic rings. The number of hydrogen-bond donors (Lipinski definition) is 2. The summed E-state index contributed by atoms with van der Waals surface area (Å²) in [4.78, 5) is 22.2. The average molecular weight is 348 g/mol. The first-order valence-corrected chi connectivity index (χ1v) is 8.17. The van der Waals surface area contributed by atoms with Crippen LogP contribution in [0.1, 0.15) is 31.8 Å². The molecular weight excluding hydrogens is 328 g/mol. The Bertz CT molecular complexity index is 839. The second-order valence-electron chi connectivity index (χ2n) is 6.06. The van der Waals surface area contributed by atoms with Gasteiger partial charge >= 0.3 is 0 Å². The fourth-order valence-corrected chi connectivity index (χ4v) is 2.63. The third-order valence-corrected chi connectivity index (χ3v) is 4.10. The summed E-state index contributed by atoms with van der Waals surface area (Å²) < 4.78 is 3.97.